The molecule has 0 bridgehead atoms. The molecule has 0 N–H and O–H groups in total. The maximum absolute atomic E-state index is 12.9. The lowest BCUT2D eigenvalue weighted by Gasteiger charge is -2.15. The van der Waals surface area contributed by atoms with Crippen molar-refractivity contribution in [2.45, 2.75) is 39.0 Å². The van der Waals surface area contributed by atoms with Crippen LogP contribution >= 0.6 is 11.3 Å². The van der Waals surface area contributed by atoms with Crippen LogP contribution in [0.4, 0.5) is 18.9 Å². The molecule has 1 aliphatic rings. The van der Waals surface area contributed by atoms with E-state index in [1.807, 2.05) is 0 Å². The fraction of sp³-hybridized carbons (Fsp3) is 0.280. The SMILES string of the molecule is CCCCc1nc(-c2ccc(C(F)(F)F)cc2)sc1COc1ccc(N2C=NC(=O)C2)c(C#N)c1. The molecule has 1 amide bonds. The Hall–Kier alpha value is -3.71. The first-order chi connectivity index (χ1) is 16.8. The van der Waals surface area contributed by atoms with Gasteiger partial charge in [-0.2, -0.15) is 18.4 Å². The second-order valence-corrected chi connectivity index (χ2v) is 9.00. The molecule has 4 rings (SSSR count). The van der Waals surface area contributed by atoms with E-state index in [9.17, 15) is 23.2 Å². The van der Waals surface area contributed by atoms with E-state index in [1.54, 1.807) is 23.1 Å². The van der Waals surface area contributed by atoms with Gasteiger partial charge in [-0.3, -0.25) is 4.79 Å². The number of hydrogen-bond acceptors (Lipinski definition) is 6. The van der Waals surface area contributed by atoms with Gasteiger partial charge in [0.2, 0.25) is 0 Å². The number of amides is 1. The molecule has 0 fully saturated rings. The fourth-order valence-electron chi connectivity index (χ4n) is 3.56. The van der Waals surface area contributed by atoms with E-state index in [-0.39, 0.29) is 19.1 Å². The number of thiazole rings is 1. The summed E-state index contributed by atoms with van der Waals surface area (Å²) in [7, 11) is 0. The maximum atomic E-state index is 12.9. The first kappa shape index (κ1) is 24.4. The van der Waals surface area contributed by atoms with Crippen molar-refractivity contribution in [3.8, 4) is 22.4 Å². The molecule has 1 aliphatic heterocycles. The molecule has 180 valence electrons. The summed E-state index contributed by atoms with van der Waals surface area (Å²) in [5, 5.41) is 10.2. The molecule has 0 spiro atoms. The Morgan fingerprint density at radius 2 is 1.97 bits per heavy atom. The molecular weight excluding hydrogens is 477 g/mol. The lowest BCUT2D eigenvalue weighted by atomic mass is 10.1. The zero-order chi connectivity index (χ0) is 25.0. The third kappa shape index (κ3) is 5.69. The molecule has 0 aliphatic carbocycles. The fourth-order valence-corrected chi connectivity index (χ4v) is 4.59. The first-order valence-electron chi connectivity index (χ1n) is 10.9. The van der Waals surface area contributed by atoms with Crippen LogP contribution < -0.4 is 9.64 Å². The number of halogens is 3. The Kier molecular flexibility index (Phi) is 7.17. The number of benzene rings is 2. The minimum Gasteiger partial charge on any atom is -0.488 e. The number of carbonyl (C=O) groups is 1. The van der Waals surface area contributed by atoms with E-state index in [0.29, 0.717) is 27.6 Å². The molecule has 0 atom stereocenters. The van der Waals surface area contributed by atoms with Crippen molar-refractivity contribution in [3.63, 3.8) is 0 Å². The largest absolute Gasteiger partial charge is 0.488 e. The lowest BCUT2D eigenvalue weighted by molar-refractivity contribution is -0.137. The Morgan fingerprint density at radius 1 is 1.20 bits per heavy atom. The maximum Gasteiger partial charge on any atom is 0.416 e. The number of nitriles is 1. The van der Waals surface area contributed by atoms with Crippen molar-refractivity contribution < 1.29 is 22.7 Å². The predicted molar refractivity (Wildman–Crippen MR) is 127 cm³/mol. The van der Waals surface area contributed by atoms with Gasteiger partial charge in [0, 0.05) is 11.6 Å². The van der Waals surface area contributed by atoms with Gasteiger partial charge < -0.3 is 9.64 Å². The Labute approximate surface area is 204 Å². The van der Waals surface area contributed by atoms with Gasteiger partial charge in [-0.25, -0.2) is 9.98 Å². The molecule has 0 unspecified atom stereocenters. The topological polar surface area (TPSA) is 78.6 Å². The van der Waals surface area contributed by atoms with Gasteiger partial charge in [-0.05, 0) is 37.1 Å². The number of alkyl halides is 3. The zero-order valence-electron chi connectivity index (χ0n) is 18.8. The van der Waals surface area contributed by atoms with Crippen LogP contribution in [0.1, 0.15) is 41.5 Å². The third-order valence-corrected chi connectivity index (χ3v) is 6.54. The van der Waals surface area contributed by atoms with Gasteiger partial charge in [0.1, 0.15) is 30.0 Å². The zero-order valence-corrected chi connectivity index (χ0v) is 19.6. The summed E-state index contributed by atoms with van der Waals surface area (Å²) < 4.78 is 44.7. The second kappa shape index (κ2) is 10.3. The third-order valence-electron chi connectivity index (χ3n) is 5.42. The standard InChI is InChI=1S/C25H21F3N4O2S/c1-2-3-4-20-22(35-24(31-20)16-5-7-18(8-6-16)25(26,27)28)14-34-19-9-10-21(17(11-19)12-29)32-13-23(33)30-15-32/h5-11,15H,2-4,13-14H2,1H3. The van der Waals surface area contributed by atoms with Gasteiger partial charge in [-0.15, -0.1) is 11.3 Å². The molecule has 2 heterocycles. The van der Waals surface area contributed by atoms with E-state index in [1.165, 1.54) is 29.8 Å². The number of unbranched alkanes of at least 4 members (excludes halogenated alkanes) is 1. The lowest BCUT2D eigenvalue weighted by Crippen LogP contribution is -2.21. The van der Waals surface area contributed by atoms with Crippen molar-refractivity contribution in [2.75, 3.05) is 11.4 Å². The van der Waals surface area contributed by atoms with Crippen LogP contribution in [-0.2, 0) is 24.0 Å². The van der Waals surface area contributed by atoms with Crippen LogP contribution in [0.5, 0.6) is 5.75 Å². The average Bonchev–Trinajstić information content (AvgIpc) is 3.46. The Morgan fingerprint density at radius 3 is 2.60 bits per heavy atom. The van der Waals surface area contributed by atoms with Crippen LogP contribution in [0.2, 0.25) is 0 Å². The van der Waals surface area contributed by atoms with E-state index >= 15 is 0 Å². The van der Waals surface area contributed by atoms with Crippen LogP contribution in [0.25, 0.3) is 10.6 Å². The molecule has 10 heteroatoms. The smallest absolute Gasteiger partial charge is 0.416 e. The van der Waals surface area contributed by atoms with Crippen molar-refractivity contribution in [1.29, 1.82) is 5.26 Å². The predicted octanol–water partition coefficient (Wildman–Crippen LogP) is 6.00. The molecular formula is C25H21F3N4O2S. The van der Waals surface area contributed by atoms with Crippen molar-refractivity contribution in [3.05, 3.63) is 64.2 Å². The molecule has 0 radical (unpaired) electrons. The van der Waals surface area contributed by atoms with E-state index in [0.717, 1.165) is 42.0 Å². The van der Waals surface area contributed by atoms with Gasteiger partial charge in [0.25, 0.3) is 5.91 Å². The average molecular weight is 499 g/mol. The summed E-state index contributed by atoms with van der Waals surface area (Å²) in [6.07, 6.45) is -0.354. The minimum absolute atomic E-state index is 0.0866. The number of aliphatic imine (C=N–C) groups is 1. The highest BCUT2D eigenvalue weighted by Gasteiger charge is 2.30. The minimum atomic E-state index is -4.39. The first-order valence-corrected chi connectivity index (χ1v) is 11.8. The molecule has 35 heavy (non-hydrogen) atoms. The second-order valence-electron chi connectivity index (χ2n) is 7.91. The number of anilines is 1. The van der Waals surface area contributed by atoms with Crippen molar-refractivity contribution in [1.82, 2.24) is 4.98 Å². The Balaban J connectivity index is 1.53. The number of aryl methyl sites for hydroxylation is 1. The molecule has 3 aromatic rings. The molecule has 2 aromatic carbocycles. The highest BCUT2D eigenvalue weighted by atomic mass is 32.1. The molecule has 0 saturated heterocycles. The molecule has 1 aromatic heterocycles. The van der Waals surface area contributed by atoms with Gasteiger partial charge in [0.15, 0.2) is 0 Å². The highest BCUT2D eigenvalue weighted by molar-refractivity contribution is 7.15. The summed E-state index contributed by atoms with van der Waals surface area (Å²) in [6, 6.07) is 12.1. The van der Waals surface area contributed by atoms with E-state index in [4.69, 9.17) is 4.74 Å². The summed E-state index contributed by atoms with van der Waals surface area (Å²) in [5.41, 5.74) is 1.69. The van der Waals surface area contributed by atoms with E-state index < -0.39 is 11.7 Å². The summed E-state index contributed by atoms with van der Waals surface area (Å²) in [5.74, 6) is 0.210. The number of ether oxygens (including phenoxy) is 1. The molecule has 6 nitrogen and oxygen atoms in total. The highest BCUT2D eigenvalue weighted by Crippen LogP contribution is 2.34. The number of aromatic nitrogens is 1. The molecule has 0 saturated carbocycles. The van der Waals surface area contributed by atoms with Gasteiger partial charge in [0.05, 0.1) is 33.7 Å². The normalized spacial score (nSPS) is 13.3. The Bertz CT molecular complexity index is 1290. The summed E-state index contributed by atoms with van der Waals surface area (Å²) in [6.45, 7) is 2.37. The van der Waals surface area contributed by atoms with Crippen molar-refractivity contribution >= 4 is 29.3 Å². The van der Waals surface area contributed by atoms with Gasteiger partial charge in [-0.1, -0.05) is 25.5 Å². The van der Waals surface area contributed by atoms with Crippen molar-refractivity contribution in [2.24, 2.45) is 4.99 Å². The number of hydrogen-bond donors (Lipinski definition) is 0. The monoisotopic (exact) mass is 498 g/mol. The summed E-state index contributed by atoms with van der Waals surface area (Å²) >= 11 is 1.38. The number of rotatable bonds is 8. The number of nitrogens with zero attached hydrogens (tertiary/aromatic N) is 4. The van der Waals surface area contributed by atoms with Gasteiger partial charge >= 0.3 is 6.18 Å². The van der Waals surface area contributed by atoms with Crippen LogP contribution in [0, 0.1) is 11.3 Å². The van der Waals surface area contributed by atoms with E-state index in [2.05, 4.69) is 23.0 Å². The summed E-state index contributed by atoms with van der Waals surface area (Å²) in [4.78, 5) is 22.3. The number of carbonyl (C=O) groups excluding carboxylic acids is 1. The van der Waals surface area contributed by atoms with Crippen LogP contribution in [0.3, 0.4) is 0 Å². The van der Waals surface area contributed by atoms with Crippen LogP contribution in [-0.4, -0.2) is 23.8 Å². The van der Waals surface area contributed by atoms with Crippen LogP contribution in [0.15, 0.2) is 47.5 Å². The quantitative estimate of drug-likeness (QED) is 0.381.